The van der Waals surface area contributed by atoms with Gasteiger partial charge in [-0.1, -0.05) is 23.4 Å². The van der Waals surface area contributed by atoms with Gasteiger partial charge in [0.15, 0.2) is 0 Å². The lowest BCUT2D eigenvalue weighted by Crippen LogP contribution is -2.48. The van der Waals surface area contributed by atoms with Crippen LogP contribution in [-0.2, 0) is 7.05 Å². The molecule has 0 amide bonds. The molecule has 2 aromatic heterocycles. The molecule has 1 saturated carbocycles. The van der Waals surface area contributed by atoms with E-state index < -0.39 is 17.4 Å². The quantitative estimate of drug-likeness (QED) is 0.622. The average molecular weight is 472 g/mol. The van der Waals surface area contributed by atoms with Gasteiger partial charge in [-0.15, -0.1) is 0 Å². The van der Waals surface area contributed by atoms with E-state index in [4.69, 9.17) is 28.8 Å². The number of anilines is 3. The van der Waals surface area contributed by atoms with Gasteiger partial charge >= 0.3 is 0 Å². The number of rotatable bonds is 3. The molecule has 1 aliphatic carbocycles. The Balaban J connectivity index is 1.57. The summed E-state index contributed by atoms with van der Waals surface area (Å²) in [5, 5.41) is 0.240. The van der Waals surface area contributed by atoms with Crippen LogP contribution in [0.25, 0.3) is 0 Å². The number of nitrogens with two attached hydrogens (primary N) is 3. The molecule has 31 heavy (non-hydrogen) atoms. The Morgan fingerprint density at radius 2 is 1.94 bits per heavy atom. The molecule has 1 aliphatic heterocycles. The first-order valence-electron chi connectivity index (χ1n) is 9.86. The van der Waals surface area contributed by atoms with Crippen LogP contribution in [0.2, 0.25) is 5.02 Å². The molecule has 2 aliphatic rings. The van der Waals surface area contributed by atoms with Gasteiger partial charge in [-0.25, -0.2) is 13.8 Å². The second kappa shape index (κ2) is 7.79. The second-order valence-corrected chi connectivity index (χ2v) is 9.72. The Morgan fingerprint density at radius 3 is 2.55 bits per heavy atom. The number of aromatic nitrogens is 3. The fraction of sp³-hybridized carbons (Fsp3) is 0.526. The summed E-state index contributed by atoms with van der Waals surface area (Å²) in [6.07, 6.45) is 2.07. The summed E-state index contributed by atoms with van der Waals surface area (Å²) in [5.74, 6) is -2.09. The SMILES string of the molecule is Cn1c(N2CCC3(CC2)CC(F)(F)C[C@H]3N)nc(N)c(Sc2ccnc(N)c2Cl)c1=O. The van der Waals surface area contributed by atoms with Crippen LogP contribution < -0.4 is 27.7 Å². The van der Waals surface area contributed by atoms with Crippen molar-refractivity contribution in [3.63, 3.8) is 0 Å². The molecule has 1 spiro atoms. The third-order valence-electron chi connectivity index (χ3n) is 6.30. The Morgan fingerprint density at radius 1 is 1.26 bits per heavy atom. The number of alkyl halides is 2. The van der Waals surface area contributed by atoms with Crippen LogP contribution in [-0.4, -0.2) is 39.6 Å². The largest absolute Gasteiger partial charge is 0.382 e. The molecule has 0 radical (unpaired) electrons. The number of nitrogen functional groups attached to an aromatic ring is 2. The van der Waals surface area contributed by atoms with Gasteiger partial charge in [0.1, 0.15) is 16.5 Å². The van der Waals surface area contributed by atoms with Crippen LogP contribution >= 0.6 is 23.4 Å². The molecule has 2 aromatic rings. The first-order valence-corrected chi connectivity index (χ1v) is 11.1. The number of piperidine rings is 1. The second-order valence-electron chi connectivity index (χ2n) is 8.29. The van der Waals surface area contributed by atoms with Crippen molar-refractivity contribution in [3.8, 4) is 0 Å². The van der Waals surface area contributed by atoms with Gasteiger partial charge in [0, 0.05) is 50.1 Å². The van der Waals surface area contributed by atoms with E-state index in [0.29, 0.717) is 36.8 Å². The molecule has 4 rings (SSSR count). The van der Waals surface area contributed by atoms with Gasteiger partial charge in [0.2, 0.25) is 11.9 Å². The summed E-state index contributed by atoms with van der Waals surface area (Å²) in [6.45, 7) is 0.950. The van der Waals surface area contributed by atoms with E-state index >= 15 is 0 Å². The van der Waals surface area contributed by atoms with Crippen molar-refractivity contribution < 1.29 is 8.78 Å². The molecular formula is C19H24ClF2N7OS. The molecule has 3 heterocycles. The van der Waals surface area contributed by atoms with Crippen LogP contribution in [0, 0.1) is 5.41 Å². The number of pyridine rings is 1. The summed E-state index contributed by atoms with van der Waals surface area (Å²) in [7, 11) is 1.61. The molecule has 1 saturated heterocycles. The van der Waals surface area contributed by atoms with E-state index in [1.54, 1.807) is 13.1 Å². The van der Waals surface area contributed by atoms with Crippen molar-refractivity contribution in [1.82, 2.24) is 14.5 Å². The first-order chi connectivity index (χ1) is 14.5. The average Bonchev–Trinajstić information content (AvgIpc) is 2.93. The topological polar surface area (TPSA) is 129 Å². The molecular weight excluding hydrogens is 448 g/mol. The molecule has 168 valence electrons. The normalized spacial score (nSPS) is 22.2. The zero-order valence-corrected chi connectivity index (χ0v) is 18.5. The fourth-order valence-corrected chi connectivity index (χ4v) is 5.70. The highest BCUT2D eigenvalue weighted by Crippen LogP contribution is 2.52. The smallest absolute Gasteiger partial charge is 0.270 e. The first kappa shape index (κ1) is 22.1. The zero-order valence-electron chi connectivity index (χ0n) is 16.9. The maximum absolute atomic E-state index is 13.9. The van der Waals surface area contributed by atoms with Crippen LogP contribution in [0.3, 0.4) is 0 Å². The van der Waals surface area contributed by atoms with Gasteiger partial charge in [-0.05, 0) is 24.3 Å². The molecule has 12 heteroatoms. The molecule has 8 nitrogen and oxygen atoms in total. The minimum atomic E-state index is -2.71. The molecule has 1 atom stereocenters. The number of hydrogen-bond acceptors (Lipinski definition) is 8. The van der Waals surface area contributed by atoms with Crippen molar-refractivity contribution in [3.05, 3.63) is 27.6 Å². The van der Waals surface area contributed by atoms with Crippen LogP contribution in [0.5, 0.6) is 0 Å². The van der Waals surface area contributed by atoms with Crippen LogP contribution in [0.15, 0.2) is 26.8 Å². The zero-order chi connectivity index (χ0) is 22.6. The number of nitrogens with zero attached hydrogens (tertiary/aromatic N) is 4. The molecule has 0 unspecified atom stereocenters. The summed E-state index contributed by atoms with van der Waals surface area (Å²) in [5.41, 5.74) is 17.0. The lowest BCUT2D eigenvalue weighted by molar-refractivity contribution is -0.00686. The van der Waals surface area contributed by atoms with E-state index in [1.807, 2.05) is 4.90 Å². The minimum Gasteiger partial charge on any atom is -0.382 e. The van der Waals surface area contributed by atoms with Gasteiger partial charge in [-0.2, -0.15) is 4.98 Å². The van der Waals surface area contributed by atoms with E-state index in [1.165, 1.54) is 10.8 Å². The van der Waals surface area contributed by atoms with Crippen LogP contribution in [0.4, 0.5) is 26.4 Å². The summed E-state index contributed by atoms with van der Waals surface area (Å²) >= 11 is 7.26. The predicted octanol–water partition coefficient (Wildman–Crippen LogP) is 2.49. The third kappa shape index (κ3) is 3.94. The van der Waals surface area contributed by atoms with Crippen molar-refractivity contribution in [2.24, 2.45) is 18.2 Å². The molecule has 0 aromatic carbocycles. The fourth-order valence-electron chi connectivity index (χ4n) is 4.55. The van der Waals surface area contributed by atoms with Crippen molar-refractivity contribution >= 4 is 40.9 Å². The van der Waals surface area contributed by atoms with E-state index in [-0.39, 0.29) is 40.0 Å². The minimum absolute atomic E-state index is 0.0685. The highest BCUT2D eigenvalue weighted by atomic mass is 35.5. The summed E-state index contributed by atoms with van der Waals surface area (Å²) in [4.78, 5) is 24.0. The van der Waals surface area contributed by atoms with Crippen molar-refractivity contribution in [2.45, 2.75) is 47.4 Å². The maximum Gasteiger partial charge on any atom is 0.270 e. The lowest BCUT2D eigenvalue weighted by Gasteiger charge is -2.42. The van der Waals surface area contributed by atoms with Gasteiger partial charge < -0.3 is 22.1 Å². The Labute approximate surface area is 187 Å². The summed E-state index contributed by atoms with van der Waals surface area (Å²) < 4.78 is 29.2. The highest BCUT2D eigenvalue weighted by Gasteiger charge is 2.55. The standard InChI is InChI=1S/C19H24ClF2N7OS/c1-28-16(30)13(31-10-2-5-26-14(24)12(10)20)15(25)27-17(28)29-6-3-18(4-7-29)9-19(21,22)8-11(18)23/h2,5,11H,3-4,6-9,23,25H2,1H3,(H2,24,26)/t11-/m1/s1. The van der Waals surface area contributed by atoms with E-state index in [9.17, 15) is 13.6 Å². The van der Waals surface area contributed by atoms with Crippen LogP contribution in [0.1, 0.15) is 25.7 Å². The monoisotopic (exact) mass is 471 g/mol. The lowest BCUT2D eigenvalue weighted by atomic mass is 9.74. The Hall–Kier alpha value is -2.11. The van der Waals surface area contributed by atoms with Crippen molar-refractivity contribution in [2.75, 3.05) is 29.5 Å². The Kier molecular flexibility index (Phi) is 5.55. The van der Waals surface area contributed by atoms with E-state index in [0.717, 1.165) is 11.8 Å². The third-order valence-corrected chi connectivity index (χ3v) is 7.96. The summed E-state index contributed by atoms with van der Waals surface area (Å²) in [6, 6.07) is 1.11. The highest BCUT2D eigenvalue weighted by molar-refractivity contribution is 7.99. The van der Waals surface area contributed by atoms with Gasteiger partial charge in [0.05, 0.1) is 5.02 Å². The molecule has 6 N–H and O–H groups in total. The van der Waals surface area contributed by atoms with Crippen molar-refractivity contribution in [1.29, 1.82) is 0 Å². The Bertz CT molecular complexity index is 1070. The van der Waals surface area contributed by atoms with Gasteiger partial charge in [0.25, 0.3) is 5.56 Å². The van der Waals surface area contributed by atoms with E-state index in [2.05, 4.69) is 9.97 Å². The maximum atomic E-state index is 13.9. The molecule has 2 fully saturated rings. The predicted molar refractivity (Wildman–Crippen MR) is 118 cm³/mol. The number of halogens is 3. The van der Waals surface area contributed by atoms with Gasteiger partial charge in [-0.3, -0.25) is 9.36 Å². The number of hydrogen-bond donors (Lipinski definition) is 3. The molecule has 0 bridgehead atoms.